The van der Waals surface area contributed by atoms with Crippen molar-refractivity contribution in [2.24, 2.45) is 0 Å². The first-order valence-electron chi connectivity index (χ1n) is 19.0. The van der Waals surface area contributed by atoms with E-state index in [1.54, 1.807) is 40.3 Å². The van der Waals surface area contributed by atoms with Crippen LogP contribution >= 0.6 is 0 Å². The van der Waals surface area contributed by atoms with Crippen molar-refractivity contribution in [2.45, 2.75) is 49.9 Å². The van der Waals surface area contributed by atoms with Gasteiger partial charge in [0.1, 0.15) is 23.7 Å². The number of methoxy groups -OCH3 is 1. The lowest BCUT2D eigenvalue weighted by atomic mass is 10.0. The highest BCUT2D eigenvalue weighted by Gasteiger charge is 2.38. The van der Waals surface area contributed by atoms with Crippen molar-refractivity contribution in [3.63, 3.8) is 0 Å². The fourth-order valence-corrected chi connectivity index (χ4v) is 8.01. The van der Waals surface area contributed by atoms with Gasteiger partial charge in [-0.3, -0.25) is 9.59 Å². The number of rotatable bonds is 10. The molecular formula is C43H42N8O6. The Morgan fingerprint density at radius 1 is 0.719 bits per heavy atom. The van der Waals surface area contributed by atoms with E-state index >= 15 is 0 Å². The molecule has 14 nitrogen and oxygen atoms in total. The Morgan fingerprint density at radius 3 is 1.95 bits per heavy atom. The monoisotopic (exact) mass is 766 g/mol. The van der Waals surface area contributed by atoms with Gasteiger partial charge in [0.05, 0.1) is 42.1 Å². The quantitative estimate of drug-likeness (QED) is 0.0982. The number of ether oxygens (including phenoxy) is 1. The van der Waals surface area contributed by atoms with Gasteiger partial charge < -0.3 is 40.2 Å². The lowest BCUT2D eigenvalue weighted by Crippen LogP contribution is -2.42. The molecule has 0 unspecified atom stereocenters. The van der Waals surface area contributed by atoms with Gasteiger partial charge in [0, 0.05) is 18.7 Å². The molecule has 14 heteroatoms. The number of imidazole rings is 2. The minimum Gasteiger partial charge on any atom is -0.465 e. The average molecular weight is 767 g/mol. The van der Waals surface area contributed by atoms with Crippen LogP contribution in [0.2, 0.25) is 0 Å². The maximum atomic E-state index is 14.0. The summed E-state index contributed by atoms with van der Waals surface area (Å²) < 4.78 is 4.84. The SMILES string of the molecule is COC(=O)N[C@@H](C(=O)N1CCC[C@H]1c1nc2ccc(-c3cccc(-c4cnc([C@@H]5CCCN5C(=O)[C@H](NC(=O)O)c5ccccc5)[nH]4)c3)cc2[nH]1)c1ccccc1. The summed E-state index contributed by atoms with van der Waals surface area (Å²) in [6.45, 7) is 1.03. The lowest BCUT2D eigenvalue weighted by Gasteiger charge is -2.28. The molecule has 2 aliphatic rings. The average Bonchev–Trinajstić information content (AvgIpc) is 4.08. The van der Waals surface area contributed by atoms with Crippen molar-refractivity contribution in [3.8, 4) is 22.4 Å². The summed E-state index contributed by atoms with van der Waals surface area (Å²) in [7, 11) is 1.27. The standard InChI is InChI=1S/C43H42N8O6/c1-57-43(56)49-37(27-13-6-3-7-14-27)41(53)51-22-10-18-35(51)39-45-31-20-19-29(24-32(31)46-39)28-15-8-16-30(23-28)33-25-44-38(47-33)34-17-9-21-50(34)40(52)36(48-42(54)55)26-11-4-2-5-12-26/h2-8,11-16,19-20,23-25,34-37,48H,9-10,17-18,21-22H2,1H3,(H,44,47)(H,45,46)(H,49,56)(H,54,55)/t34-,35-,36+,37+/m0/s1. The van der Waals surface area contributed by atoms with Crippen LogP contribution in [0.1, 0.15) is 72.6 Å². The van der Waals surface area contributed by atoms with Gasteiger partial charge in [-0.15, -0.1) is 0 Å². The molecule has 0 radical (unpaired) electrons. The number of hydrogen-bond acceptors (Lipinski definition) is 7. The maximum Gasteiger partial charge on any atom is 0.407 e. The predicted octanol–water partition coefficient (Wildman–Crippen LogP) is 7.05. The Kier molecular flexibility index (Phi) is 10.4. The van der Waals surface area contributed by atoms with Gasteiger partial charge in [0.25, 0.3) is 11.8 Å². The molecule has 6 aromatic rings. The number of carbonyl (C=O) groups is 4. The number of alkyl carbamates (subject to hydrolysis) is 1. The Hall–Kier alpha value is -6.96. The first kappa shape index (κ1) is 37.0. The number of hydrogen-bond donors (Lipinski definition) is 5. The normalized spacial score (nSPS) is 17.6. The van der Waals surface area contributed by atoms with Gasteiger partial charge in [-0.1, -0.05) is 84.9 Å². The van der Waals surface area contributed by atoms with Crippen molar-refractivity contribution in [1.82, 2.24) is 40.4 Å². The van der Waals surface area contributed by atoms with Crippen LogP contribution in [0.3, 0.4) is 0 Å². The minimum absolute atomic E-state index is 0.229. The van der Waals surface area contributed by atoms with E-state index in [0.717, 1.165) is 52.7 Å². The third-order valence-electron chi connectivity index (χ3n) is 10.8. The molecule has 2 aliphatic heterocycles. The Labute approximate surface area is 328 Å². The third kappa shape index (κ3) is 7.66. The fourth-order valence-electron chi connectivity index (χ4n) is 8.01. The molecule has 4 amide bonds. The summed E-state index contributed by atoms with van der Waals surface area (Å²) in [5.41, 5.74) is 6.50. The van der Waals surface area contributed by atoms with E-state index in [2.05, 4.69) is 26.7 Å². The Morgan fingerprint density at radius 2 is 1.32 bits per heavy atom. The van der Waals surface area contributed by atoms with Crippen LogP contribution in [-0.4, -0.2) is 79.0 Å². The second-order valence-corrected chi connectivity index (χ2v) is 14.3. The van der Waals surface area contributed by atoms with Gasteiger partial charge in [-0.2, -0.15) is 0 Å². The summed E-state index contributed by atoms with van der Waals surface area (Å²) in [6, 6.07) is 29.6. The number of carbonyl (C=O) groups excluding carboxylic acids is 3. The zero-order chi connectivity index (χ0) is 39.5. The molecule has 4 heterocycles. The molecule has 0 spiro atoms. The molecule has 4 atom stereocenters. The van der Waals surface area contributed by atoms with Gasteiger partial charge in [0.2, 0.25) is 0 Å². The van der Waals surface area contributed by atoms with Gasteiger partial charge in [0.15, 0.2) is 0 Å². The smallest absolute Gasteiger partial charge is 0.407 e. The summed E-state index contributed by atoms with van der Waals surface area (Å²) in [5.74, 6) is 0.783. The Bertz CT molecular complexity index is 2410. The maximum absolute atomic E-state index is 14.0. The van der Waals surface area contributed by atoms with Crippen molar-refractivity contribution in [3.05, 3.63) is 132 Å². The zero-order valence-electron chi connectivity index (χ0n) is 31.2. The molecule has 0 aliphatic carbocycles. The van der Waals surface area contributed by atoms with Crippen molar-refractivity contribution >= 4 is 35.0 Å². The fraction of sp³-hybridized carbons (Fsp3) is 0.256. The number of nitrogens with one attached hydrogen (secondary N) is 4. The number of aromatic nitrogens is 4. The molecule has 0 saturated carbocycles. The zero-order valence-corrected chi connectivity index (χ0v) is 31.2. The van der Waals surface area contributed by atoms with Crippen LogP contribution in [0.4, 0.5) is 9.59 Å². The van der Waals surface area contributed by atoms with Crippen LogP contribution in [0.25, 0.3) is 33.4 Å². The second kappa shape index (κ2) is 16.0. The van der Waals surface area contributed by atoms with E-state index in [4.69, 9.17) is 14.7 Å². The predicted molar refractivity (Wildman–Crippen MR) is 212 cm³/mol. The number of nitrogens with zero attached hydrogens (tertiary/aromatic N) is 4. The number of H-pyrrole nitrogens is 2. The molecule has 8 rings (SSSR count). The van der Waals surface area contributed by atoms with E-state index in [1.165, 1.54) is 7.11 Å². The van der Waals surface area contributed by atoms with E-state index in [0.29, 0.717) is 42.3 Å². The van der Waals surface area contributed by atoms with Crippen molar-refractivity contribution < 1.29 is 29.0 Å². The summed E-state index contributed by atoms with van der Waals surface area (Å²) in [5, 5.41) is 14.6. The Balaban J connectivity index is 1.01. The molecular weight excluding hydrogens is 725 g/mol. The molecule has 290 valence electrons. The van der Waals surface area contributed by atoms with Crippen LogP contribution in [0.15, 0.2) is 109 Å². The van der Waals surface area contributed by atoms with Crippen LogP contribution < -0.4 is 10.6 Å². The van der Waals surface area contributed by atoms with Crippen LogP contribution in [0.5, 0.6) is 0 Å². The second-order valence-electron chi connectivity index (χ2n) is 14.3. The number of amides is 4. The number of benzene rings is 4. The first-order chi connectivity index (χ1) is 27.8. The van der Waals surface area contributed by atoms with E-state index in [1.807, 2.05) is 72.8 Å². The van der Waals surface area contributed by atoms with Crippen LogP contribution in [0, 0.1) is 0 Å². The lowest BCUT2D eigenvalue weighted by molar-refractivity contribution is -0.135. The van der Waals surface area contributed by atoms with E-state index < -0.39 is 24.3 Å². The summed E-state index contributed by atoms with van der Waals surface area (Å²) in [4.78, 5) is 71.7. The van der Waals surface area contributed by atoms with Crippen LogP contribution in [-0.2, 0) is 14.3 Å². The molecule has 57 heavy (non-hydrogen) atoms. The topological polar surface area (TPSA) is 186 Å². The molecule has 2 saturated heterocycles. The highest BCUT2D eigenvalue weighted by molar-refractivity contribution is 5.89. The molecule has 2 fully saturated rings. The van der Waals surface area contributed by atoms with Crippen molar-refractivity contribution in [1.29, 1.82) is 0 Å². The largest absolute Gasteiger partial charge is 0.465 e. The van der Waals surface area contributed by atoms with Gasteiger partial charge >= 0.3 is 12.2 Å². The number of likely N-dealkylation sites (tertiary alicyclic amines) is 2. The van der Waals surface area contributed by atoms with Gasteiger partial charge in [-0.05, 0) is 66.1 Å². The molecule has 2 aromatic heterocycles. The van der Waals surface area contributed by atoms with Gasteiger partial charge in [-0.25, -0.2) is 19.6 Å². The highest BCUT2D eigenvalue weighted by atomic mass is 16.5. The van der Waals surface area contributed by atoms with Crippen molar-refractivity contribution in [2.75, 3.05) is 20.2 Å². The highest BCUT2D eigenvalue weighted by Crippen LogP contribution is 2.37. The minimum atomic E-state index is -1.27. The molecule has 0 bridgehead atoms. The number of aromatic amines is 2. The first-order valence-corrected chi connectivity index (χ1v) is 19.0. The summed E-state index contributed by atoms with van der Waals surface area (Å²) >= 11 is 0. The van der Waals surface area contributed by atoms with E-state index in [-0.39, 0.29) is 23.9 Å². The van der Waals surface area contributed by atoms with E-state index in [9.17, 15) is 24.3 Å². The third-order valence-corrected chi connectivity index (χ3v) is 10.8. The molecule has 5 N–H and O–H groups in total. The summed E-state index contributed by atoms with van der Waals surface area (Å²) in [6.07, 6.45) is 2.81. The number of fused-ring (bicyclic) bond motifs is 1. The molecule has 4 aromatic carbocycles. The number of carboxylic acid groups (broad SMARTS) is 1.